The number of hydrogen-bond acceptors (Lipinski definition) is 8. The Bertz CT molecular complexity index is 1290. The molecule has 11 nitrogen and oxygen atoms in total. The number of amides is 1. The normalized spacial score (nSPS) is 11.8. The van der Waals surface area contributed by atoms with Crippen molar-refractivity contribution in [2.24, 2.45) is 7.05 Å². The predicted octanol–water partition coefficient (Wildman–Crippen LogP) is 1.85. The Kier molecular flexibility index (Phi) is 6.78. The number of aryl methyl sites for hydroxylation is 1. The summed E-state index contributed by atoms with van der Waals surface area (Å²) in [6.07, 6.45) is 7.78. The molecule has 176 valence electrons. The van der Waals surface area contributed by atoms with Crippen molar-refractivity contribution < 1.29 is 14.3 Å². The zero-order chi connectivity index (χ0) is 24.1. The van der Waals surface area contributed by atoms with Gasteiger partial charge in [-0.15, -0.1) is 0 Å². The molecule has 1 amide bonds. The quantitative estimate of drug-likeness (QED) is 0.294. The number of likely N-dealkylation sites (N-methyl/N-ethyl adjacent to an activating group) is 1. The Hall–Kier alpha value is -4.32. The molecule has 1 atom stereocenters. The van der Waals surface area contributed by atoms with Crippen molar-refractivity contribution in [1.29, 1.82) is 0 Å². The molecule has 4 aromatic rings. The Labute approximate surface area is 194 Å². The summed E-state index contributed by atoms with van der Waals surface area (Å²) in [6.45, 7) is -0.222. The number of halogens is 1. The first kappa shape index (κ1) is 22.9. The summed E-state index contributed by atoms with van der Waals surface area (Å²) >= 11 is 0. The van der Waals surface area contributed by atoms with Gasteiger partial charge in [0.25, 0.3) is 0 Å². The van der Waals surface area contributed by atoms with E-state index < -0.39 is 11.9 Å². The Morgan fingerprint density at radius 1 is 1.18 bits per heavy atom. The Morgan fingerprint density at radius 2 is 2.03 bits per heavy atom. The van der Waals surface area contributed by atoms with Crippen LogP contribution >= 0.6 is 0 Å². The summed E-state index contributed by atoms with van der Waals surface area (Å²) in [5.41, 5.74) is 3.14. The van der Waals surface area contributed by atoms with Crippen LogP contribution in [0.2, 0.25) is 0 Å². The number of aliphatic hydroxyl groups is 1. The second-order valence-electron chi connectivity index (χ2n) is 7.52. The summed E-state index contributed by atoms with van der Waals surface area (Å²) < 4.78 is 17.6. The van der Waals surface area contributed by atoms with Crippen LogP contribution in [0.3, 0.4) is 0 Å². The number of benzene rings is 1. The van der Waals surface area contributed by atoms with Crippen LogP contribution in [0.5, 0.6) is 0 Å². The number of rotatable bonds is 9. The van der Waals surface area contributed by atoms with Crippen LogP contribution in [-0.4, -0.2) is 54.2 Å². The van der Waals surface area contributed by atoms with E-state index in [2.05, 4.69) is 36.1 Å². The van der Waals surface area contributed by atoms with Crippen molar-refractivity contribution in [1.82, 2.24) is 34.8 Å². The van der Waals surface area contributed by atoms with Crippen molar-refractivity contribution in [2.75, 3.05) is 24.3 Å². The van der Waals surface area contributed by atoms with Gasteiger partial charge in [0.2, 0.25) is 11.9 Å². The molecule has 0 spiro atoms. The molecule has 0 bridgehead atoms. The first-order valence-electron chi connectivity index (χ1n) is 10.4. The summed E-state index contributed by atoms with van der Waals surface area (Å²) in [6, 6.07) is 6.94. The molecule has 0 saturated carbocycles. The van der Waals surface area contributed by atoms with Crippen molar-refractivity contribution in [2.45, 2.75) is 12.6 Å². The van der Waals surface area contributed by atoms with E-state index in [9.17, 15) is 14.3 Å². The van der Waals surface area contributed by atoms with Gasteiger partial charge in [-0.25, -0.2) is 9.37 Å². The van der Waals surface area contributed by atoms with Crippen LogP contribution in [-0.2, 0) is 18.4 Å². The molecule has 3 aromatic heterocycles. The molecule has 0 aliphatic heterocycles. The molecule has 3 heterocycles. The highest BCUT2D eigenvalue weighted by molar-refractivity contribution is 5.75. The molecule has 0 radical (unpaired) electrons. The van der Waals surface area contributed by atoms with Crippen molar-refractivity contribution in [3.05, 3.63) is 66.6 Å². The molecule has 1 aromatic carbocycles. The van der Waals surface area contributed by atoms with E-state index in [0.717, 1.165) is 22.9 Å². The molecular formula is C22H24FN9O2. The molecule has 0 aliphatic rings. The average molecular weight is 465 g/mol. The largest absolute Gasteiger partial charge is 0.394 e. The molecule has 4 N–H and O–H groups in total. The number of aromatic nitrogens is 6. The number of nitrogens with zero attached hydrogens (tertiary/aromatic N) is 6. The van der Waals surface area contributed by atoms with Gasteiger partial charge in [-0.05, 0) is 17.2 Å². The minimum absolute atomic E-state index is 0.0611. The maximum atomic E-state index is 14.5. The van der Waals surface area contributed by atoms with Crippen LogP contribution in [0.25, 0.3) is 11.1 Å². The lowest BCUT2D eigenvalue weighted by Crippen LogP contribution is -2.23. The fourth-order valence-corrected chi connectivity index (χ4v) is 3.30. The molecule has 0 fully saturated rings. The predicted molar refractivity (Wildman–Crippen MR) is 124 cm³/mol. The van der Waals surface area contributed by atoms with E-state index in [1.54, 1.807) is 24.1 Å². The van der Waals surface area contributed by atoms with Crippen molar-refractivity contribution >= 4 is 23.4 Å². The van der Waals surface area contributed by atoms with E-state index in [1.165, 1.54) is 10.9 Å². The molecule has 0 saturated heterocycles. The lowest BCUT2D eigenvalue weighted by molar-refractivity contribution is -0.121. The number of aliphatic hydroxyl groups excluding tert-OH is 1. The van der Waals surface area contributed by atoms with Gasteiger partial charge < -0.3 is 21.1 Å². The number of nitrogens with one attached hydrogen (secondary N) is 3. The fraction of sp³-hybridized carbons (Fsp3) is 0.227. The smallest absolute Gasteiger partial charge is 0.241 e. The van der Waals surface area contributed by atoms with E-state index in [1.807, 2.05) is 37.5 Å². The Balaban J connectivity index is 1.51. The molecular weight excluding hydrogens is 441 g/mol. The highest BCUT2D eigenvalue weighted by Gasteiger charge is 2.16. The maximum absolute atomic E-state index is 14.5. The van der Waals surface area contributed by atoms with Gasteiger partial charge >= 0.3 is 0 Å². The SMILES string of the molecule is CNC(=O)Cn1cc(Nc2ncc(F)c(N[C@H](CO)c3cccc(-c4cnn(C)c4)c3)n2)cn1. The van der Waals surface area contributed by atoms with E-state index in [4.69, 9.17) is 0 Å². The van der Waals surface area contributed by atoms with Crippen LogP contribution in [0.15, 0.2) is 55.2 Å². The molecule has 34 heavy (non-hydrogen) atoms. The van der Waals surface area contributed by atoms with E-state index >= 15 is 0 Å². The third kappa shape index (κ3) is 5.35. The monoisotopic (exact) mass is 465 g/mol. The van der Waals surface area contributed by atoms with Crippen LogP contribution in [0, 0.1) is 5.82 Å². The zero-order valence-electron chi connectivity index (χ0n) is 18.6. The van der Waals surface area contributed by atoms with Crippen molar-refractivity contribution in [3.63, 3.8) is 0 Å². The topological polar surface area (TPSA) is 135 Å². The maximum Gasteiger partial charge on any atom is 0.241 e. The van der Waals surface area contributed by atoms with Gasteiger partial charge in [-0.2, -0.15) is 15.2 Å². The van der Waals surface area contributed by atoms with Gasteiger partial charge in [0.15, 0.2) is 11.6 Å². The van der Waals surface area contributed by atoms with Crippen LogP contribution < -0.4 is 16.0 Å². The standard InChI is InChI=1S/C22H24FN9O2/c1-24-20(34)12-32-11-17(8-27-32)28-22-25-9-18(23)21(30-22)29-19(13-33)15-5-3-4-14(6-15)16-7-26-31(2)10-16/h3-11,19,33H,12-13H2,1-2H3,(H,24,34)(H2,25,28,29,30)/t19-/m1/s1. The van der Waals surface area contributed by atoms with Gasteiger partial charge in [-0.1, -0.05) is 18.2 Å². The second-order valence-corrected chi connectivity index (χ2v) is 7.52. The van der Waals surface area contributed by atoms with Crippen molar-refractivity contribution in [3.8, 4) is 11.1 Å². The van der Waals surface area contributed by atoms with Gasteiger partial charge in [0.1, 0.15) is 6.54 Å². The van der Waals surface area contributed by atoms with Gasteiger partial charge in [0, 0.05) is 32.1 Å². The van der Waals surface area contributed by atoms with E-state index in [0.29, 0.717) is 5.69 Å². The molecule has 12 heteroatoms. The summed E-state index contributed by atoms with van der Waals surface area (Å²) in [5.74, 6) is -0.796. The molecule has 0 unspecified atom stereocenters. The number of anilines is 3. The summed E-state index contributed by atoms with van der Waals surface area (Å²) in [7, 11) is 3.38. The third-order valence-corrected chi connectivity index (χ3v) is 5.04. The average Bonchev–Trinajstić information content (AvgIpc) is 3.48. The lowest BCUT2D eigenvalue weighted by atomic mass is 10.0. The first-order valence-corrected chi connectivity index (χ1v) is 10.4. The van der Waals surface area contributed by atoms with Crippen LogP contribution in [0.1, 0.15) is 11.6 Å². The zero-order valence-corrected chi connectivity index (χ0v) is 18.6. The third-order valence-electron chi connectivity index (χ3n) is 5.04. The fourth-order valence-electron chi connectivity index (χ4n) is 3.30. The molecule has 4 rings (SSSR count). The van der Waals surface area contributed by atoms with Gasteiger partial charge in [-0.3, -0.25) is 14.2 Å². The van der Waals surface area contributed by atoms with Crippen LogP contribution in [0.4, 0.5) is 21.8 Å². The molecule has 0 aliphatic carbocycles. The lowest BCUT2D eigenvalue weighted by Gasteiger charge is -2.19. The number of hydrogen-bond donors (Lipinski definition) is 4. The number of carbonyl (C=O) groups excluding carboxylic acids is 1. The second kappa shape index (κ2) is 10.1. The minimum atomic E-state index is -0.664. The number of carbonyl (C=O) groups is 1. The van der Waals surface area contributed by atoms with E-state index in [-0.39, 0.29) is 30.8 Å². The summed E-state index contributed by atoms with van der Waals surface area (Å²) in [5, 5.41) is 26.7. The summed E-state index contributed by atoms with van der Waals surface area (Å²) in [4.78, 5) is 19.6. The highest BCUT2D eigenvalue weighted by Crippen LogP contribution is 2.26. The highest BCUT2D eigenvalue weighted by atomic mass is 19.1. The first-order chi connectivity index (χ1) is 16.4. The van der Waals surface area contributed by atoms with Gasteiger partial charge in [0.05, 0.1) is 36.9 Å². The minimum Gasteiger partial charge on any atom is -0.394 e. The Morgan fingerprint density at radius 3 is 2.76 bits per heavy atom.